The highest BCUT2D eigenvalue weighted by atomic mass is 16.3. The Hall–Kier alpha value is -0.120. The summed E-state index contributed by atoms with van der Waals surface area (Å²) in [4.78, 5) is 0. The maximum atomic E-state index is 9.80. The molecule has 1 saturated carbocycles. The van der Waals surface area contributed by atoms with Crippen LogP contribution in [-0.4, -0.2) is 34.5 Å². The van der Waals surface area contributed by atoms with E-state index in [-0.39, 0.29) is 11.6 Å². The van der Waals surface area contributed by atoms with E-state index >= 15 is 0 Å². The maximum Gasteiger partial charge on any atom is 0.0743 e. The predicted octanol–water partition coefficient (Wildman–Crippen LogP) is 0.650. The van der Waals surface area contributed by atoms with Crippen LogP contribution in [0.25, 0.3) is 0 Å². The van der Waals surface area contributed by atoms with Gasteiger partial charge in [0.25, 0.3) is 0 Å². The minimum Gasteiger partial charge on any atom is -0.393 e. The fraction of sp³-hybridized carbons (Fsp3) is 1.00. The van der Waals surface area contributed by atoms with Crippen molar-refractivity contribution in [3.8, 4) is 0 Å². The Bertz CT molecular complexity index is 159. The van der Waals surface area contributed by atoms with Gasteiger partial charge in [0.2, 0.25) is 0 Å². The summed E-state index contributed by atoms with van der Waals surface area (Å²) < 4.78 is 0. The third-order valence-electron chi connectivity index (χ3n) is 3.01. The number of nitrogens with one attached hydrogen (secondary N) is 1. The number of rotatable bonds is 3. The van der Waals surface area contributed by atoms with Crippen LogP contribution in [0, 0.1) is 0 Å². The molecule has 0 aliphatic heterocycles. The Kier molecular flexibility index (Phi) is 3.71. The largest absolute Gasteiger partial charge is 0.393 e. The third kappa shape index (κ3) is 2.66. The van der Waals surface area contributed by atoms with E-state index in [0.717, 1.165) is 25.8 Å². The Morgan fingerprint density at radius 2 is 2.15 bits per heavy atom. The molecule has 1 aliphatic rings. The zero-order valence-electron chi connectivity index (χ0n) is 8.58. The molecule has 3 N–H and O–H groups in total. The first-order valence-corrected chi connectivity index (χ1v) is 5.19. The molecule has 0 saturated heterocycles. The van der Waals surface area contributed by atoms with Crippen LogP contribution in [0.4, 0.5) is 0 Å². The highest BCUT2D eigenvalue weighted by molar-refractivity contribution is 4.95. The van der Waals surface area contributed by atoms with Gasteiger partial charge in [-0.2, -0.15) is 0 Å². The summed E-state index contributed by atoms with van der Waals surface area (Å²) in [6, 6.07) is 0. The second kappa shape index (κ2) is 4.40. The van der Waals surface area contributed by atoms with Crippen LogP contribution < -0.4 is 5.32 Å². The van der Waals surface area contributed by atoms with Crippen molar-refractivity contribution in [3.63, 3.8) is 0 Å². The molecule has 0 aromatic heterocycles. The van der Waals surface area contributed by atoms with Crippen LogP contribution in [0.5, 0.6) is 0 Å². The first-order valence-electron chi connectivity index (χ1n) is 5.19. The molecule has 0 heterocycles. The van der Waals surface area contributed by atoms with E-state index in [1.165, 1.54) is 0 Å². The topological polar surface area (TPSA) is 52.5 Å². The second-order valence-corrected chi connectivity index (χ2v) is 4.29. The van der Waals surface area contributed by atoms with Crippen molar-refractivity contribution in [2.24, 2.45) is 0 Å². The smallest absolute Gasteiger partial charge is 0.0743 e. The van der Waals surface area contributed by atoms with Crippen molar-refractivity contribution in [1.82, 2.24) is 5.32 Å². The van der Waals surface area contributed by atoms with Crippen LogP contribution in [-0.2, 0) is 0 Å². The molecule has 3 atom stereocenters. The standard InChI is InChI=1S/C10H21NO2/c1-3-6-11-10(2)5-4-8(12)7-9(10)13/h8-9,11-13H,3-7H2,1-2H3. The van der Waals surface area contributed by atoms with Crippen LogP contribution in [0.15, 0.2) is 0 Å². The van der Waals surface area contributed by atoms with Gasteiger partial charge in [-0.25, -0.2) is 0 Å². The van der Waals surface area contributed by atoms with Gasteiger partial charge in [0, 0.05) is 12.0 Å². The van der Waals surface area contributed by atoms with Gasteiger partial charge in [-0.3, -0.25) is 0 Å². The fourth-order valence-electron chi connectivity index (χ4n) is 1.89. The summed E-state index contributed by atoms with van der Waals surface area (Å²) in [6.07, 6.45) is 2.51. The molecule has 1 rings (SSSR count). The van der Waals surface area contributed by atoms with Gasteiger partial charge in [-0.1, -0.05) is 6.92 Å². The van der Waals surface area contributed by atoms with Gasteiger partial charge in [0.1, 0.15) is 0 Å². The highest BCUT2D eigenvalue weighted by Crippen LogP contribution is 2.28. The van der Waals surface area contributed by atoms with E-state index in [4.69, 9.17) is 0 Å². The Labute approximate surface area is 80.2 Å². The molecule has 0 amide bonds. The van der Waals surface area contributed by atoms with Crippen molar-refractivity contribution < 1.29 is 10.2 Å². The Balaban J connectivity index is 2.46. The van der Waals surface area contributed by atoms with Crippen molar-refractivity contribution in [1.29, 1.82) is 0 Å². The summed E-state index contributed by atoms with van der Waals surface area (Å²) >= 11 is 0. The van der Waals surface area contributed by atoms with Crippen LogP contribution in [0.1, 0.15) is 39.5 Å². The van der Waals surface area contributed by atoms with Crippen LogP contribution in [0.2, 0.25) is 0 Å². The lowest BCUT2D eigenvalue weighted by Gasteiger charge is -2.41. The normalized spacial score (nSPS) is 40.6. The number of aliphatic hydroxyl groups is 2. The maximum absolute atomic E-state index is 9.80. The van der Waals surface area contributed by atoms with Crippen molar-refractivity contribution >= 4 is 0 Å². The Morgan fingerprint density at radius 3 is 2.69 bits per heavy atom. The summed E-state index contributed by atoms with van der Waals surface area (Å²) in [5.41, 5.74) is -0.185. The lowest BCUT2D eigenvalue weighted by atomic mass is 9.79. The summed E-state index contributed by atoms with van der Waals surface area (Å²) in [5, 5.41) is 22.5. The van der Waals surface area contributed by atoms with Gasteiger partial charge >= 0.3 is 0 Å². The lowest BCUT2D eigenvalue weighted by Crippen LogP contribution is -2.56. The molecule has 0 aromatic rings. The second-order valence-electron chi connectivity index (χ2n) is 4.29. The van der Waals surface area contributed by atoms with Crippen molar-refractivity contribution in [2.75, 3.05) is 6.54 Å². The third-order valence-corrected chi connectivity index (χ3v) is 3.01. The average Bonchev–Trinajstić information content (AvgIpc) is 2.09. The average molecular weight is 187 g/mol. The quantitative estimate of drug-likeness (QED) is 0.608. The molecule has 3 unspecified atom stereocenters. The summed E-state index contributed by atoms with van der Waals surface area (Å²) in [5.74, 6) is 0. The van der Waals surface area contributed by atoms with Gasteiger partial charge in [0.15, 0.2) is 0 Å². The molecule has 0 bridgehead atoms. The predicted molar refractivity (Wildman–Crippen MR) is 52.6 cm³/mol. The minimum absolute atomic E-state index is 0.185. The molecule has 78 valence electrons. The van der Waals surface area contributed by atoms with Gasteiger partial charge in [0.05, 0.1) is 12.2 Å². The monoisotopic (exact) mass is 187 g/mol. The lowest BCUT2D eigenvalue weighted by molar-refractivity contribution is -0.0221. The summed E-state index contributed by atoms with van der Waals surface area (Å²) in [6.45, 7) is 5.09. The molecule has 3 nitrogen and oxygen atoms in total. The number of hydrogen-bond donors (Lipinski definition) is 3. The number of hydrogen-bond acceptors (Lipinski definition) is 3. The van der Waals surface area contributed by atoms with E-state index in [1.54, 1.807) is 0 Å². The zero-order valence-corrected chi connectivity index (χ0v) is 8.58. The minimum atomic E-state index is -0.414. The van der Waals surface area contributed by atoms with Crippen molar-refractivity contribution in [2.45, 2.75) is 57.3 Å². The molecule has 0 radical (unpaired) electrons. The van der Waals surface area contributed by atoms with E-state index in [0.29, 0.717) is 6.42 Å². The number of aliphatic hydroxyl groups excluding tert-OH is 2. The highest BCUT2D eigenvalue weighted by Gasteiger charge is 2.37. The fourth-order valence-corrected chi connectivity index (χ4v) is 1.89. The Morgan fingerprint density at radius 1 is 1.46 bits per heavy atom. The summed E-state index contributed by atoms with van der Waals surface area (Å²) in [7, 11) is 0. The van der Waals surface area contributed by atoms with Crippen molar-refractivity contribution in [3.05, 3.63) is 0 Å². The molecule has 13 heavy (non-hydrogen) atoms. The van der Waals surface area contributed by atoms with Crippen LogP contribution in [0.3, 0.4) is 0 Å². The zero-order chi connectivity index (χ0) is 9.90. The molecular formula is C10H21NO2. The van der Waals surface area contributed by atoms with E-state index in [1.807, 2.05) is 6.92 Å². The molecule has 3 heteroatoms. The van der Waals surface area contributed by atoms with Gasteiger partial charge in [-0.15, -0.1) is 0 Å². The first kappa shape index (κ1) is 11.0. The molecular weight excluding hydrogens is 166 g/mol. The van der Waals surface area contributed by atoms with E-state index in [9.17, 15) is 10.2 Å². The van der Waals surface area contributed by atoms with E-state index in [2.05, 4.69) is 12.2 Å². The first-order chi connectivity index (χ1) is 6.08. The van der Waals surface area contributed by atoms with Crippen LogP contribution >= 0.6 is 0 Å². The molecule has 0 spiro atoms. The molecule has 0 aromatic carbocycles. The van der Waals surface area contributed by atoms with Gasteiger partial charge < -0.3 is 15.5 Å². The van der Waals surface area contributed by atoms with Gasteiger partial charge in [-0.05, 0) is 32.7 Å². The SMILES string of the molecule is CCCNC1(C)CCC(O)CC1O. The molecule has 1 aliphatic carbocycles. The van der Waals surface area contributed by atoms with E-state index < -0.39 is 6.10 Å². The molecule has 1 fully saturated rings.